The minimum absolute atomic E-state index is 0.146. The summed E-state index contributed by atoms with van der Waals surface area (Å²) in [5.74, 6) is -0.228. The van der Waals surface area contributed by atoms with Gasteiger partial charge >= 0.3 is 0 Å². The Bertz CT molecular complexity index is 1160. The number of phenolic OH excluding ortho intramolecular Hbond substituents is 2. The van der Waals surface area contributed by atoms with Crippen LogP contribution in [0.3, 0.4) is 0 Å². The fourth-order valence-electron chi connectivity index (χ4n) is 5.44. The van der Waals surface area contributed by atoms with Gasteiger partial charge < -0.3 is 19.7 Å². The van der Waals surface area contributed by atoms with Crippen molar-refractivity contribution < 1.29 is 24.1 Å². The van der Waals surface area contributed by atoms with E-state index in [9.17, 15) is 14.6 Å². The zero-order chi connectivity index (χ0) is 24.4. The van der Waals surface area contributed by atoms with E-state index in [1.807, 2.05) is 37.3 Å². The summed E-state index contributed by atoms with van der Waals surface area (Å²) in [5, 5.41) is 20.1. The minimum atomic E-state index is -0.656. The molecule has 5 nitrogen and oxygen atoms in total. The molecule has 2 aliphatic rings. The lowest BCUT2D eigenvalue weighted by atomic mass is 9.74. The molecule has 0 radical (unpaired) electrons. The van der Waals surface area contributed by atoms with Crippen LogP contribution in [0, 0.1) is 5.82 Å². The van der Waals surface area contributed by atoms with Crippen molar-refractivity contribution in [1.29, 1.82) is 0 Å². The Morgan fingerprint density at radius 1 is 0.971 bits per heavy atom. The van der Waals surface area contributed by atoms with Crippen LogP contribution in [0.4, 0.5) is 4.39 Å². The normalized spacial score (nSPS) is 22.3. The first-order chi connectivity index (χ1) is 17.0. The number of hydrogen-bond acceptors (Lipinski definition) is 5. The summed E-state index contributed by atoms with van der Waals surface area (Å²) in [6.45, 7) is 5.81. The van der Waals surface area contributed by atoms with Crippen LogP contribution in [0.1, 0.15) is 60.8 Å². The number of halogens is 1. The molecule has 1 fully saturated rings. The van der Waals surface area contributed by atoms with Gasteiger partial charge in [-0.25, -0.2) is 4.39 Å². The first-order valence-electron chi connectivity index (χ1n) is 12.4. The third-order valence-electron chi connectivity index (χ3n) is 7.28. The molecule has 1 saturated heterocycles. The number of benzene rings is 3. The second kappa shape index (κ2) is 10.2. The maximum atomic E-state index is 14.9. The van der Waals surface area contributed by atoms with Crippen LogP contribution >= 0.6 is 0 Å². The van der Waals surface area contributed by atoms with Gasteiger partial charge in [0.2, 0.25) is 0 Å². The second-order valence-corrected chi connectivity index (χ2v) is 9.58. The van der Waals surface area contributed by atoms with Crippen molar-refractivity contribution in [2.45, 2.75) is 44.1 Å². The lowest BCUT2D eigenvalue weighted by molar-refractivity contribution is 0.133. The number of piperidine rings is 1. The highest BCUT2D eigenvalue weighted by molar-refractivity contribution is 5.49. The zero-order valence-corrected chi connectivity index (χ0v) is 20.0. The van der Waals surface area contributed by atoms with E-state index < -0.39 is 17.7 Å². The largest absolute Gasteiger partial charge is 0.508 e. The fraction of sp³-hybridized carbons (Fsp3) is 0.379. The monoisotopic (exact) mass is 477 g/mol. The molecule has 2 aliphatic heterocycles. The molecule has 0 amide bonds. The van der Waals surface area contributed by atoms with Crippen molar-refractivity contribution in [3.63, 3.8) is 0 Å². The third-order valence-corrected chi connectivity index (χ3v) is 7.28. The summed E-state index contributed by atoms with van der Waals surface area (Å²) in [5.41, 5.74) is 2.14. The molecule has 0 bridgehead atoms. The van der Waals surface area contributed by atoms with E-state index in [4.69, 9.17) is 9.47 Å². The maximum Gasteiger partial charge on any atom is 0.171 e. The van der Waals surface area contributed by atoms with Crippen LogP contribution in [0.2, 0.25) is 0 Å². The van der Waals surface area contributed by atoms with Crippen molar-refractivity contribution in [2.24, 2.45) is 0 Å². The van der Waals surface area contributed by atoms with Crippen molar-refractivity contribution in [3.05, 3.63) is 83.2 Å². The summed E-state index contributed by atoms with van der Waals surface area (Å²) in [4.78, 5) is 2.45. The lowest BCUT2D eigenvalue weighted by Crippen LogP contribution is -2.33. The van der Waals surface area contributed by atoms with Crippen LogP contribution in [0.25, 0.3) is 0 Å². The van der Waals surface area contributed by atoms with Gasteiger partial charge in [-0.1, -0.05) is 37.6 Å². The summed E-state index contributed by atoms with van der Waals surface area (Å²) in [6, 6.07) is 17.8. The van der Waals surface area contributed by atoms with Gasteiger partial charge in [0.05, 0.1) is 0 Å². The summed E-state index contributed by atoms with van der Waals surface area (Å²) < 4.78 is 27.3. The fourth-order valence-corrected chi connectivity index (χ4v) is 5.44. The predicted molar refractivity (Wildman–Crippen MR) is 133 cm³/mol. The van der Waals surface area contributed by atoms with Crippen molar-refractivity contribution in [2.75, 3.05) is 26.2 Å². The predicted octanol–water partition coefficient (Wildman–Crippen LogP) is 6.12. The number of likely N-dealkylation sites (tertiary alicyclic amines) is 1. The van der Waals surface area contributed by atoms with E-state index in [-0.39, 0.29) is 17.6 Å². The van der Waals surface area contributed by atoms with Gasteiger partial charge in [0, 0.05) is 18.0 Å². The Labute approximate surface area is 205 Å². The van der Waals surface area contributed by atoms with Gasteiger partial charge in [0.15, 0.2) is 11.6 Å². The SMILES string of the molecule is C[C@H]1c2c(ccc(O)c2F)O[C@H](c2ccc(OCCN3CCCCC3)cc2)[C@@H]1c1cccc(O)c1. The topological polar surface area (TPSA) is 62.2 Å². The number of phenols is 2. The van der Waals surface area contributed by atoms with Crippen LogP contribution in [0.5, 0.6) is 23.0 Å². The molecule has 0 saturated carbocycles. The van der Waals surface area contributed by atoms with Crippen LogP contribution in [0.15, 0.2) is 60.7 Å². The first-order valence-corrected chi connectivity index (χ1v) is 12.4. The van der Waals surface area contributed by atoms with E-state index in [1.165, 1.54) is 25.3 Å². The molecule has 0 aromatic heterocycles. The van der Waals surface area contributed by atoms with E-state index >= 15 is 0 Å². The third kappa shape index (κ3) is 4.94. The van der Waals surface area contributed by atoms with E-state index in [0.717, 1.165) is 36.5 Å². The Morgan fingerprint density at radius 3 is 2.49 bits per heavy atom. The quantitative estimate of drug-likeness (QED) is 0.448. The highest BCUT2D eigenvalue weighted by Gasteiger charge is 2.40. The first kappa shape index (κ1) is 23.5. The molecule has 2 heterocycles. The van der Waals surface area contributed by atoms with Crippen LogP contribution in [-0.4, -0.2) is 41.4 Å². The average Bonchev–Trinajstić information content (AvgIpc) is 2.87. The summed E-state index contributed by atoms with van der Waals surface area (Å²) in [6.07, 6.45) is 3.46. The molecule has 3 aromatic rings. The highest BCUT2D eigenvalue weighted by Crippen LogP contribution is 2.53. The standard InChI is InChI=1S/C29H32FNO4/c1-19-26(21-6-5-7-22(32)18-21)29(35-25-13-12-24(33)28(30)27(19)25)20-8-10-23(11-9-20)34-17-16-31-14-3-2-4-15-31/h5-13,18-19,26,29,32-33H,2-4,14-17H2,1H3/t19-,26+,29-/m1/s1. The molecule has 35 heavy (non-hydrogen) atoms. The van der Waals surface area contributed by atoms with Crippen LogP contribution < -0.4 is 9.47 Å². The number of ether oxygens (including phenoxy) is 2. The van der Waals surface area contributed by atoms with Gasteiger partial charge in [-0.2, -0.15) is 0 Å². The zero-order valence-electron chi connectivity index (χ0n) is 20.0. The van der Waals surface area contributed by atoms with Gasteiger partial charge in [-0.15, -0.1) is 0 Å². The molecule has 184 valence electrons. The van der Waals surface area contributed by atoms with E-state index in [0.29, 0.717) is 17.9 Å². The molecule has 3 aromatic carbocycles. The van der Waals surface area contributed by atoms with Crippen molar-refractivity contribution >= 4 is 0 Å². The molecule has 5 rings (SSSR count). The van der Waals surface area contributed by atoms with Crippen molar-refractivity contribution in [3.8, 4) is 23.0 Å². The molecule has 0 unspecified atom stereocenters. The Kier molecular flexibility index (Phi) is 6.82. The van der Waals surface area contributed by atoms with Gasteiger partial charge in [-0.05, 0) is 79.4 Å². The smallest absolute Gasteiger partial charge is 0.171 e. The van der Waals surface area contributed by atoms with E-state index in [1.54, 1.807) is 24.3 Å². The molecule has 6 heteroatoms. The summed E-state index contributed by atoms with van der Waals surface area (Å²) >= 11 is 0. The summed E-state index contributed by atoms with van der Waals surface area (Å²) in [7, 11) is 0. The number of fused-ring (bicyclic) bond motifs is 1. The number of hydrogen-bond donors (Lipinski definition) is 2. The highest BCUT2D eigenvalue weighted by atomic mass is 19.1. The van der Waals surface area contributed by atoms with Gasteiger partial charge in [-0.3, -0.25) is 4.90 Å². The van der Waals surface area contributed by atoms with Crippen molar-refractivity contribution in [1.82, 2.24) is 4.90 Å². The molecular weight excluding hydrogens is 445 g/mol. The second-order valence-electron chi connectivity index (χ2n) is 9.58. The molecule has 3 atom stereocenters. The van der Waals surface area contributed by atoms with Gasteiger partial charge in [0.25, 0.3) is 0 Å². The average molecular weight is 478 g/mol. The molecule has 0 spiro atoms. The molecular formula is C29H32FNO4. The van der Waals surface area contributed by atoms with Crippen LogP contribution in [-0.2, 0) is 0 Å². The van der Waals surface area contributed by atoms with E-state index in [2.05, 4.69) is 4.90 Å². The molecule has 2 N–H and O–H groups in total. The number of aromatic hydroxyl groups is 2. The number of rotatable bonds is 6. The van der Waals surface area contributed by atoms with Gasteiger partial charge in [0.1, 0.15) is 30.0 Å². The Hall–Kier alpha value is -3.25. The Morgan fingerprint density at radius 2 is 1.74 bits per heavy atom. The lowest BCUT2D eigenvalue weighted by Gasteiger charge is -2.39. The Balaban J connectivity index is 1.39. The maximum absolute atomic E-state index is 14.9. The molecule has 0 aliphatic carbocycles. The minimum Gasteiger partial charge on any atom is -0.508 e. The number of nitrogens with zero attached hydrogens (tertiary/aromatic N) is 1.